The maximum atomic E-state index is 2.32. The molecule has 0 amide bonds. The number of rotatable bonds is 15. The van der Waals surface area contributed by atoms with E-state index in [4.69, 9.17) is 0 Å². The Kier molecular flexibility index (Phi) is 13.6. The molecular weight excluding hydrogens is 296 g/mol. The van der Waals surface area contributed by atoms with E-state index in [1.807, 2.05) is 0 Å². The van der Waals surface area contributed by atoms with E-state index in [1.165, 1.54) is 88.4 Å². The van der Waals surface area contributed by atoms with E-state index in [0.29, 0.717) is 0 Å². The van der Waals surface area contributed by atoms with Crippen LogP contribution in [-0.2, 0) is 0 Å². The second-order valence-electron chi connectivity index (χ2n) is 6.81. The van der Waals surface area contributed by atoms with Crippen molar-refractivity contribution in [3.05, 3.63) is 30.3 Å². The van der Waals surface area contributed by atoms with Crippen LogP contribution in [-0.4, -0.2) is 5.25 Å². The molecule has 23 heavy (non-hydrogen) atoms. The van der Waals surface area contributed by atoms with Gasteiger partial charge >= 0.3 is 0 Å². The summed E-state index contributed by atoms with van der Waals surface area (Å²) in [6.45, 7) is 4.61. The molecule has 0 aromatic heterocycles. The molecule has 1 aromatic rings. The molecule has 0 aliphatic heterocycles. The van der Waals surface area contributed by atoms with Gasteiger partial charge in [0.1, 0.15) is 0 Å². The Morgan fingerprint density at radius 1 is 0.652 bits per heavy atom. The minimum Gasteiger partial charge on any atom is -0.123 e. The van der Waals surface area contributed by atoms with Crippen LogP contribution in [0.5, 0.6) is 0 Å². The minimum atomic E-state index is 0.816. The van der Waals surface area contributed by atoms with Gasteiger partial charge in [-0.1, -0.05) is 103 Å². The van der Waals surface area contributed by atoms with Crippen molar-refractivity contribution in [1.82, 2.24) is 0 Å². The predicted molar refractivity (Wildman–Crippen MR) is 107 cm³/mol. The fourth-order valence-electron chi connectivity index (χ4n) is 3.14. The third-order valence-electron chi connectivity index (χ3n) is 4.54. The normalized spacial score (nSPS) is 12.4. The smallest absolute Gasteiger partial charge is 0.00943 e. The Hall–Kier alpha value is -0.430. The van der Waals surface area contributed by atoms with Gasteiger partial charge in [-0.25, -0.2) is 0 Å². The molecule has 0 aliphatic carbocycles. The molecule has 1 atom stereocenters. The van der Waals surface area contributed by atoms with Crippen LogP contribution in [0.15, 0.2) is 35.2 Å². The van der Waals surface area contributed by atoms with Gasteiger partial charge in [0.15, 0.2) is 0 Å². The molecule has 0 fully saturated rings. The highest BCUT2D eigenvalue weighted by molar-refractivity contribution is 8.00. The quantitative estimate of drug-likeness (QED) is 0.230. The molecule has 0 aliphatic rings. The second-order valence-corrected chi connectivity index (χ2v) is 8.19. The van der Waals surface area contributed by atoms with Gasteiger partial charge in [0, 0.05) is 10.1 Å². The van der Waals surface area contributed by atoms with Crippen LogP contribution in [0.25, 0.3) is 0 Å². The molecule has 0 heterocycles. The standard InChI is InChI=1S/C22H38S/c1-3-5-6-7-8-9-10-11-12-14-18-21(17-4-2)23-22-19-15-13-16-20-22/h13,15-16,19-21H,3-12,14,17-18H2,1-2H3. The summed E-state index contributed by atoms with van der Waals surface area (Å²) in [5.41, 5.74) is 0. The van der Waals surface area contributed by atoms with Gasteiger partial charge in [-0.2, -0.15) is 0 Å². The summed E-state index contributed by atoms with van der Waals surface area (Å²) in [6.07, 6.45) is 18.4. The third-order valence-corrected chi connectivity index (χ3v) is 5.89. The van der Waals surface area contributed by atoms with Gasteiger partial charge in [0.05, 0.1) is 0 Å². The molecule has 0 nitrogen and oxygen atoms in total. The summed E-state index contributed by atoms with van der Waals surface area (Å²) in [6, 6.07) is 10.9. The topological polar surface area (TPSA) is 0 Å². The first kappa shape index (κ1) is 20.6. The summed E-state index contributed by atoms with van der Waals surface area (Å²) in [4.78, 5) is 1.44. The highest BCUT2D eigenvalue weighted by atomic mass is 32.2. The Morgan fingerprint density at radius 3 is 1.78 bits per heavy atom. The number of hydrogen-bond donors (Lipinski definition) is 0. The number of benzene rings is 1. The summed E-state index contributed by atoms with van der Waals surface area (Å²) in [5.74, 6) is 0. The first-order valence-electron chi connectivity index (χ1n) is 10.1. The Balaban J connectivity index is 2.02. The molecule has 0 saturated carbocycles. The second kappa shape index (κ2) is 15.1. The van der Waals surface area contributed by atoms with Gasteiger partial charge in [-0.15, -0.1) is 11.8 Å². The summed E-state index contributed by atoms with van der Waals surface area (Å²) >= 11 is 2.09. The average molecular weight is 335 g/mol. The van der Waals surface area contributed by atoms with E-state index in [9.17, 15) is 0 Å². The molecule has 132 valence electrons. The fraction of sp³-hybridized carbons (Fsp3) is 0.727. The monoisotopic (exact) mass is 334 g/mol. The predicted octanol–water partition coefficient (Wildman–Crippen LogP) is 8.26. The highest BCUT2D eigenvalue weighted by Crippen LogP contribution is 2.29. The zero-order chi connectivity index (χ0) is 16.6. The maximum absolute atomic E-state index is 2.32. The van der Waals surface area contributed by atoms with Crippen molar-refractivity contribution < 1.29 is 0 Å². The van der Waals surface area contributed by atoms with E-state index in [1.54, 1.807) is 0 Å². The average Bonchev–Trinajstić information content (AvgIpc) is 2.57. The van der Waals surface area contributed by atoms with E-state index < -0.39 is 0 Å². The molecule has 1 heteroatoms. The number of hydrogen-bond acceptors (Lipinski definition) is 1. The lowest BCUT2D eigenvalue weighted by Gasteiger charge is -2.15. The fourth-order valence-corrected chi connectivity index (χ4v) is 4.47. The first-order chi connectivity index (χ1) is 11.4. The number of thioether (sulfide) groups is 1. The Morgan fingerprint density at radius 2 is 1.22 bits per heavy atom. The Bertz CT molecular complexity index is 346. The van der Waals surface area contributed by atoms with Crippen LogP contribution < -0.4 is 0 Å². The van der Waals surface area contributed by atoms with Gasteiger partial charge < -0.3 is 0 Å². The lowest BCUT2D eigenvalue weighted by molar-refractivity contribution is 0.541. The largest absolute Gasteiger partial charge is 0.123 e. The summed E-state index contributed by atoms with van der Waals surface area (Å²) in [7, 11) is 0. The molecule has 1 unspecified atom stereocenters. The zero-order valence-corrected chi connectivity index (χ0v) is 16.4. The third kappa shape index (κ3) is 11.7. The van der Waals surface area contributed by atoms with Crippen LogP contribution in [0.3, 0.4) is 0 Å². The minimum absolute atomic E-state index is 0.816. The van der Waals surface area contributed by atoms with E-state index in [2.05, 4.69) is 55.9 Å². The van der Waals surface area contributed by atoms with Gasteiger partial charge in [0.2, 0.25) is 0 Å². The molecule has 0 saturated heterocycles. The van der Waals surface area contributed by atoms with Crippen molar-refractivity contribution in [2.24, 2.45) is 0 Å². The maximum Gasteiger partial charge on any atom is 0.00943 e. The van der Waals surface area contributed by atoms with Crippen LogP contribution in [0.1, 0.15) is 97.3 Å². The van der Waals surface area contributed by atoms with Crippen molar-refractivity contribution in [3.8, 4) is 0 Å². The molecule has 0 radical (unpaired) electrons. The van der Waals surface area contributed by atoms with Crippen LogP contribution in [0.2, 0.25) is 0 Å². The van der Waals surface area contributed by atoms with Crippen molar-refractivity contribution in [2.45, 2.75) is 107 Å². The van der Waals surface area contributed by atoms with Crippen molar-refractivity contribution in [3.63, 3.8) is 0 Å². The van der Waals surface area contributed by atoms with Crippen LogP contribution >= 0.6 is 11.8 Å². The summed E-state index contributed by atoms with van der Waals surface area (Å²) < 4.78 is 0. The van der Waals surface area contributed by atoms with Gasteiger partial charge in [0.25, 0.3) is 0 Å². The SMILES string of the molecule is CCCCCCCCCCCCC(CCC)Sc1ccccc1. The van der Waals surface area contributed by atoms with E-state index in [0.717, 1.165) is 5.25 Å². The first-order valence-corrected chi connectivity index (χ1v) is 11.0. The molecule has 0 N–H and O–H groups in total. The van der Waals surface area contributed by atoms with Crippen molar-refractivity contribution in [1.29, 1.82) is 0 Å². The van der Waals surface area contributed by atoms with E-state index in [-0.39, 0.29) is 0 Å². The molecule has 0 bridgehead atoms. The molecule has 1 rings (SSSR count). The van der Waals surface area contributed by atoms with E-state index >= 15 is 0 Å². The van der Waals surface area contributed by atoms with Gasteiger partial charge in [-0.3, -0.25) is 0 Å². The van der Waals surface area contributed by atoms with Crippen LogP contribution in [0.4, 0.5) is 0 Å². The van der Waals surface area contributed by atoms with Crippen molar-refractivity contribution >= 4 is 11.8 Å². The lowest BCUT2D eigenvalue weighted by Crippen LogP contribution is -2.02. The van der Waals surface area contributed by atoms with Gasteiger partial charge in [-0.05, 0) is 25.0 Å². The zero-order valence-electron chi connectivity index (χ0n) is 15.6. The lowest BCUT2D eigenvalue weighted by atomic mass is 10.0. The summed E-state index contributed by atoms with van der Waals surface area (Å²) in [5, 5.41) is 0.816. The molecule has 0 spiro atoms. The molecular formula is C22H38S. The molecule has 1 aromatic carbocycles. The van der Waals surface area contributed by atoms with Crippen LogP contribution in [0, 0.1) is 0 Å². The number of unbranched alkanes of at least 4 members (excludes halogenated alkanes) is 9. The van der Waals surface area contributed by atoms with Crippen molar-refractivity contribution in [2.75, 3.05) is 0 Å². The Labute approximate surface area is 149 Å². The highest BCUT2D eigenvalue weighted by Gasteiger charge is 2.09.